The summed E-state index contributed by atoms with van der Waals surface area (Å²) < 4.78 is 7.57. The SMILES string of the molecule is CCCCOc1ccc(C(=O)N2CCC(n3cc(-c4ccccc4)nn3)C2)cc1. The van der Waals surface area contributed by atoms with E-state index in [0.29, 0.717) is 18.7 Å². The molecular weight excluding hydrogens is 364 g/mol. The zero-order chi connectivity index (χ0) is 20.1. The molecule has 1 fully saturated rings. The van der Waals surface area contributed by atoms with Gasteiger partial charge in [0.2, 0.25) is 0 Å². The van der Waals surface area contributed by atoms with E-state index in [1.807, 2.05) is 70.4 Å². The Balaban J connectivity index is 1.37. The minimum absolute atomic E-state index is 0.0519. The van der Waals surface area contributed by atoms with Gasteiger partial charge in [0.1, 0.15) is 11.4 Å². The van der Waals surface area contributed by atoms with Crippen molar-refractivity contribution in [2.75, 3.05) is 19.7 Å². The minimum Gasteiger partial charge on any atom is -0.494 e. The summed E-state index contributed by atoms with van der Waals surface area (Å²) in [5.74, 6) is 0.862. The molecule has 1 unspecified atom stereocenters. The largest absolute Gasteiger partial charge is 0.494 e. The fourth-order valence-corrected chi connectivity index (χ4v) is 3.55. The lowest BCUT2D eigenvalue weighted by molar-refractivity contribution is 0.0787. The molecule has 29 heavy (non-hydrogen) atoms. The molecule has 1 amide bonds. The van der Waals surface area contributed by atoms with Crippen molar-refractivity contribution in [3.05, 3.63) is 66.4 Å². The summed E-state index contributed by atoms with van der Waals surface area (Å²) in [5.41, 5.74) is 2.59. The molecule has 1 aliphatic rings. The number of hydrogen-bond donors (Lipinski definition) is 0. The Morgan fingerprint density at radius 3 is 2.69 bits per heavy atom. The maximum atomic E-state index is 12.9. The van der Waals surface area contributed by atoms with Crippen LogP contribution in [0.4, 0.5) is 0 Å². The van der Waals surface area contributed by atoms with Gasteiger partial charge in [-0.25, -0.2) is 4.68 Å². The quantitative estimate of drug-likeness (QED) is 0.567. The Morgan fingerprint density at radius 2 is 1.93 bits per heavy atom. The maximum Gasteiger partial charge on any atom is 0.253 e. The van der Waals surface area contributed by atoms with Crippen LogP contribution < -0.4 is 4.74 Å². The standard InChI is InChI=1S/C23H26N4O2/c1-2-3-15-29-21-11-9-19(10-12-21)23(28)26-14-13-20(16-26)27-17-22(24-25-27)18-7-5-4-6-8-18/h4-12,17,20H,2-3,13-16H2,1H3. The van der Waals surface area contributed by atoms with Gasteiger partial charge in [-0.2, -0.15) is 0 Å². The normalized spacial score (nSPS) is 16.2. The second-order valence-electron chi connectivity index (χ2n) is 7.37. The molecule has 1 aromatic heterocycles. The Hall–Kier alpha value is -3.15. The summed E-state index contributed by atoms with van der Waals surface area (Å²) in [4.78, 5) is 14.8. The predicted octanol–water partition coefficient (Wildman–Crippen LogP) is 4.21. The fraction of sp³-hybridized carbons (Fsp3) is 0.348. The Labute approximate surface area is 171 Å². The first-order valence-corrected chi connectivity index (χ1v) is 10.2. The van der Waals surface area contributed by atoms with Gasteiger partial charge in [-0.3, -0.25) is 4.79 Å². The first kappa shape index (κ1) is 19.2. The van der Waals surface area contributed by atoms with Gasteiger partial charge in [0.25, 0.3) is 5.91 Å². The molecule has 1 saturated heterocycles. The Kier molecular flexibility index (Phi) is 5.89. The highest BCUT2D eigenvalue weighted by Gasteiger charge is 2.29. The van der Waals surface area contributed by atoms with Gasteiger partial charge < -0.3 is 9.64 Å². The van der Waals surface area contributed by atoms with Gasteiger partial charge in [-0.05, 0) is 37.1 Å². The summed E-state index contributed by atoms with van der Waals surface area (Å²) in [7, 11) is 0. The maximum absolute atomic E-state index is 12.9. The average Bonchev–Trinajstić information content (AvgIpc) is 3.44. The van der Waals surface area contributed by atoms with Gasteiger partial charge >= 0.3 is 0 Å². The first-order chi connectivity index (χ1) is 14.2. The number of carbonyl (C=O) groups is 1. The lowest BCUT2D eigenvalue weighted by Crippen LogP contribution is -2.29. The zero-order valence-corrected chi connectivity index (χ0v) is 16.7. The van der Waals surface area contributed by atoms with E-state index < -0.39 is 0 Å². The molecule has 6 nitrogen and oxygen atoms in total. The van der Waals surface area contributed by atoms with E-state index in [4.69, 9.17) is 4.74 Å². The van der Waals surface area contributed by atoms with Gasteiger partial charge in [-0.15, -0.1) is 5.10 Å². The van der Waals surface area contributed by atoms with Crippen LogP contribution in [0.15, 0.2) is 60.8 Å². The van der Waals surface area contributed by atoms with E-state index in [1.165, 1.54) is 0 Å². The smallest absolute Gasteiger partial charge is 0.253 e. The molecule has 0 saturated carbocycles. The molecule has 0 N–H and O–H groups in total. The second kappa shape index (κ2) is 8.90. The highest BCUT2D eigenvalue weighted by atomic mass is 16.5. The van der Waals surface area contributed by atoms with E-state index in [-0.39, 0.29) is 11.9 Å². The number of benzene rings is 2. The molecule has 0 radical (unpaired) electrons. The van der Waals surface area contributed by atoms with Crippen LogP contribution in [-0.2, 0) is 0 Å². The Morgan fingerprint density at radius 1 is 1.14 bits per heavy atom. The lowest BCUT2D eigenvalue weighted by atomic mass is 10.2. The topological polar surface area (TPSA) is 60.2 Å². The summed E-state index contributed by atoms with van der Waals surface area (Å²) in [6.45, 7) is 4.21. The molecule has 4 rings (SSSR count). The van der Waals surface area contributed by atoms with Gasteiger partial charge in [0.05, 0.1) is 18.8 Å². The predicted molar refractivity (Wildman–Crippen MR) is 112 cm³/mol. The molecule has 6 heteroatoms. The molecule has 2 aromatic carbocycles. The lowest BCUT2D eigenvalue weighted by Gasteiger charge is -2.17. The third kappa shape index (κ3) is 4.47. The number of hydrogen-bond acceptors (Lipinski definition) is 4. The summed E-state index contributed by atoms with van der Waals surface area (Å²) in [6, 6.07) is 17.6. The van der Waals surface area contributed by atoms with Crippen molar-refractivity contribution in [1.82, 2.24) is 19.9 Å². The number of nitrogens with zero attached hydrogens (tertiary/aromatic N) is 4. The molecule has 2 heterocycles. The summed E-state index contributed by atoms with van der Waals surface area (Å²) in [6.07, 6.45) is 4.98. The summed E-state index contributed by atoms with van der Waals surface area (Å²) in [5, 5.41) is 8.60. The number of amides is 1. The van der Waals surface area contributed by atoms with Crippen LogP contribution in [-0.4, -0.2) is 45.5 Å². The highest BCUT2D eigenvalue weighted by molar-refractivity contribution is 5.94. The van der Waals surface area contributed by atoms with Gasteiger partial charge in [0.15, 0.2) is 0 Å². The number of unbranched alkanes of at least 4 members (excludes halogenated alkanes) is 1. The molecule has 150 valence electrons. The number of carbonyl (C=O) groups excluding carboxylic acids is 1. The number of likely N-dealkylation sites (tertiary alicyclic amines) is 1. The first-order valence-electron chi connectivity index (χ1n) is 10.2. The molecule has 3 aromatic rings. The van der Waals surface area contributed by atoms with E-state index in [0.717, 1.165) is 42.8 Å². The van der Waals surface area contributed by atoms with E-state index in [1.54, 1.807) is 0 Å². The van der Waals surface area contributed by atoms with E-state index >= 15 is 0 Å². The van der Waals surface area contributed by atoms with Crippen LogP contribution in [0.2, 0.25) is 0 Å². The van der Waals surface area contributed by atoms with Crippen LogP contribution in [0.5, 0.6) is 5.75 Å². The molecule has 0 spiro atoms. The van der Waals surface area contributed by atoms with E-state index in [9.17, 15) is 4.79 Å². The van der Waals surface area contributed by atoms with E-state index in [2.05, 4.69) is 17.2 Å². The number of rotatable bonds is 7. The number of aromatic nitrogens is 3. The number of ether oxygens (including phenoxy) is 1. The molecular formula is C23H26N4O2. The van der Waals surface area contributed by atoms with Crippen molar-refractivity contribution in [1.29, 1.82) is 0 Å². The molecule has 0 bridgehead atoms. The highest BCUT2D eigenvalue weighted by Crippen LogP contribution is 2.25. The van der Waals surface area contributed by atoms with Crippen molar-refractivity contribution in [2.45, 2.75) is 32.2 Å². The molecule has 1 aliphatic heterocycles. The van der Waals surface area contributed by atoms with Crippen LogP contribution in [0.1, 0.15) is 42.6 Å². The summed E-state index contributed by atoms with van der Waals surface area (Å²) >= 11 is 0. The van der Waals surface area contributed by atoms with Crippen molar-refractivity contribution >= 4 is 5.91 Å². The molecule has 1 atom stereocenters. The third-order valence-corrected chi connectivity index (χ3v) is 5.27. The van der Waals surface area contributed by atoms with Crippen LogP contribution in [0, 0.1) is 0 Å². The van der Waals surface area contributed by atoms with Gasteiger partial charge in [-0.1, -0.05) is 48.9 Å². The van der Waals surface area contributed by atoms with Crippen molar-refractivity contribution < 1.29 is 9.53 Å². The monoisotopic (exact) mass is 390 g/mol. The fourth-order valence-electron chi connectivity index (χ4n) is 3.55. The van der Waals surface area contributed by atoms with Crippen molar-refractivity contribution in [3.8, 4) is 17.0 Å². The van der Waals surface area contributed by atoms with Crippen LogP contribution in [0.3, 0.4) is 0 Å². The van der Waals surface area contributed by atoms with Crippen molar-refractivity contribution in [2.24, 2.45) is 0 Å². The third-order valence-electron chi connectivity index (χ3n) is 5.27. The average molecular weight is 390 g/mol. The minimum atomic E-state index is 0.0519. The van der Waals surface area contributed by atoms with Crippen LogP contribution >= 0.6 is 0 Å². The molecule has 0 aliphatic carbocycles. The second-order valence-corrected chi connectivity index (χ2v) is 7.37. The van der Waals surface area contributed by atoms with Gasteiger partial charge in [0, 0.05) is 24.2 Å². The zero-order valence-electron chi connectivity index (χ0n) is 16.7. The Bertz CT molecular complexity index is 937. The van der Waals surface area contributed by atoms with Crippen LogP contribution in [0.25, 0.3) is 11.3 Å². The van der Waals surface area contributed by atoms with Crippen molar-refractivity contribution in [3.63, 3.8) is 0 Å².